The fourth-order valence-electron chi connectivity index (χ4n) is 2.67. The molecule has 0 spiro atoms. The molecule has 0 atom stereocenters. The molecule has 1 aromatic rings. The molecule has 1 aromatic heterocycles. The van der Waals surface area contributed by atoms with Crippen molar-refractivity contribution in [3.8, 4) is 0 Å². The topological polar surface area (TPSA) is 110 Å². The molecule has 21 heavy (non-hydrogen) atoms. The maximum Gasteiger partial charge on any atom is 0.263 e. The Morgan fingerprint density at radius 3 is 2.57 bits per heavy atom. The zero-order valence-electron chi connectivity index (χ0n) is 12.2. The van der Waals surface area contributed by atoms with Gasteiger partial charge in [-0.1, -0.05) is 12.8 Å². The number of carbonyl (C=O) groups excluding carboxylic acids is 2. The average molecular weight is 310 g/mol. The number of carbonyl (C=O) groups is 2. The van der Waals surface area contributed by atoms with Gasteiger partial charge in [0, 0.05) is 13.1 Å². The van der Waals surface area contributed by atoms with Gasteiger partial charge in [-0.05, 0) is 25.7 Å². The minimum Gasteiger partial charge on any atom is -0.397 e. The number of rotatable bonds is 6. The van der Waals surface area contributed by atoms with Crippen LogP contribution in [0.25, 0.3) is 0 Å². The molecule has 0 aromatic carbocycles. The third-order valence-electron chi connectivity index (χ3n) is 3.76. The predicted octanol–water partition coefficient (Wildman–Crippen LogP) is 1.78. The lowest BCUT2D eigenvalue weighted by Gasteiger charge is -2.11. The summed E-state index contributed by atoms with van der Waals surface area (Å²) >= 11 is 1.20. The summed E-state index contributed by atoms with van der Waals surface area (Å²) in [6.07, 6.45) is 4.91. The summed E-state index contributed by atoms with van der Waals surface area (Å²) in [4.78, 5) is 23.9. The monoisotopic (exact) mass is 310 g/mol. The van der Waals surface area contributed by atoms with Crippen molar-refractivity contribution in [2.75, 3.05) is 24.1 Å². The molecule has 116 valence electrons. The average Bonchev–Trinajstić information content (AvgIpc) is 3.03. The minimum atomic E-state index is -0.603. The van der Waals surface area contributed by atoms with E-state index in [-0.39, 0.29) is 17.2 Å². The maximum absolute atomic E-state index is 12.0. The number of amides is 2. The Kier molecular flexibility index (Phi) is 5.06. The summed E-state index contributed by atoms with van der Waals surface area (Å²) in [6, 6.07) is 0. The van der Waals surface area contributed by atoms with Crippen LogP contribution in [-0.2, 0) is 0 Å². The van der Waals surface area contributed by atoms with E-state index in [1.807, 2.05) is 6.92 Å². The molecule has 1 saturated carbocycles. The van der Waals surface area contributed by atoms with E-state index in [1.165, 1.54) is 37.0 Å². The highest BCUT2D eigenvalue weighted by Crippen LogP contribution is 2.36. The van der Waals surface area contributed by atoms with E-state index < -0.39 is 5.91 Å². The number of hydrogen-bond donors (Lipinski definition) is 4. The van der Waals surface area contributed by atoms with E-state index in [2.05, 4.69) is 10.6 Å². The Labute approximate surface area is 128 Å². The van der Waals surface area contributed by atoms with Crippen LogP contribution in [-0.4, -0.2) is 24.9 Å². The summed E-state index contributed by atoms with van der Waals surface area (Å²) in [5.41, 5.74) is 11.7. The molecular weight excluding hydrogens is 288 g/mol. The number of thiophene rings is 1. The number of nitrogens with two attached hydrogens (primary N) is 2. The van der Waals surface area contributed by atoms with Crippen LogP contribution in [0.4, 0.5) is 10.7 Å². The van der Waals surface area contributed by atoms with Gasteiger partial charge >= 0.3 is 0 Å². The van der Waals surface area contributed by atoms with Gasteiger partial charge < -0.3 is 22.1 Å². The molecule has 6 nitrogen and oxygen atoms in total. The lowest BCUT2D eigenvalue weighted by Crippen LogP contribution is -2.23. The fourth-order valence-corrected chi connectivity index (χ4v) is 3.72. The zero-order valence-corrected chi connectivity index (χ0v) is 13.0. The van der Waals surface area contributed by atoms with Gasteiger partial charge in [0.05, 0.1) is 11.3 Å². The summed E-state index contributed by atoms with van der Waals surface area (Å²) in [7, 11) is 0. The second kappa shape index (κ2) is 6.80. The van der Waals surface area contributed by atoms with Crippen molar-refractivity contribution in [2.45, 2.75) is 32.6 Å². The maximum atomic E-state index is 12.0. The highest BCUT2D eigenvalue weighted by Gasteiger charge is 2.24. The van der Waals surface area contributed by atoms with E-state index in [9.17, 15) is 9.59 Å². The highest BCUT2D eigenvalue weighted by molar-refractivity contribution is 7.19. The Morgan fingerprint density at radius 2 is 2.00 bits per heavy atom. The number of nitrogens with one attached hydrogen (secondary N) is 2. The van der Waals surface area contributed by atoms with Crippen LogP contribution in [0.5, 0.6) is 0 Å². The van der Waals surface area contributed by atoms with Crippen molar-refractivity contribution >= 4 is 33.8 Å². The molecule has 1 aliphatic carbocycles. The number of primary amides is 1. The van der Waals surface area contributed by atoms with E-state index in [1.54, 1.807) is 0 Å². The zero-order chi connectivity index (χ0) is 15.4. The van der Waals surface area contributed by atoms with Gasteiger partial charge in [0.2, 0.25) is 0 Å². The number of nitrogen functional groups attached to an aromatic ring is 1. The van der Waals surface area contributed by atoms with Crippen LogP contribution in [0.1, 0.15) is 52.6 Å². The van der Waals surface area contributed by atoms with Crippen LogP contribution in [0.15, 0.2) is 0 Å². The van der Waals surface area contributed by atoms with E-state index in [0.29, 0.717) is 22.3 Å². The lowest BCUT2D eigenvalue weighted by molar-refractivity contribution is 0.0960. The molecule has 2 amide bonds. The number of hydrogen-bond acceptors (Lipinski definition) is 5. The van der Waals surface area contributed by atoms with Crippen molar-refractivity contribution in [3.05, 3.63) is 10.4 Å². The normalized spacial score (nSPS) is 15.1. The van der Waals surface area contributed by atoms with Crippen molar-refractivity contribution in [2.24, 2.45) is 11.7 Å². The standard InChI is InChI=1S/C14H22N4O2S/c1-2-17-13(20)11-10(15)9(12(16)19)14(21-11)18-7-8-5-3-4-6-8/h8,18H,2-7,15H2,1H3,(H2,16,19)(H,17,20). The van der Waals surface area contributed by atoms with E-state index in [4.69, 9.17) is 11.5 Å². The first-order valence-electron chi connectivity index (χ1n) is 7.28. The molecule has 0 bridgehead atoms. The first kappa shape index (κ1) is 15.6. The quantitative estimate of drug-likeness (QED) is 0.642. The highest BCUT2D eigenvalue weighted by atomic mass is 32.1. The van der Waals surface area contributed by atoms with E-state index >= 15 is 0 Å². The van der Waals surface area contributed by atoms with Crippen LogP contribution >= 0.6 is 11.3 Å². The van der Waals surface area contributed by atoms with Gasteiger partial charge in [-0.25, -0.2) is 0 Å². The van der Waals surface area contributed by atoms with Crippen LogP contribution < -0.4 is 22.1 Å². The van der Waals surface area contributed by atoms with Gasteiger partial charge in [-0.15, -0.1) is 11.3 Å². The molecule has 0 saturated heterocycles. The first-order chi connectivity index (χ1) is 10.0. The van der Waals surface area contributed by atoms with Gasteiger partial charge in [-0.2, -0.15) is 0 Å². The Hall–Kier alpha value is -1.76. The molecule has 7 heteroatoms. The Bertz CT molecular complexity index is 535. The molecule has 2 rings (SSSR count). The molecular formula is C14H22N4O2S. The lowest BCUT2D eigenvalue weighted by atomic mass is 10.1. The van der Waals surface area contributed by atoms with Crippen molar-refractivity contribution in [1.82, 2.24) is 5.32 Å². The van der Waals surface area contributed by atoms with Crippen molar-refractivity contribution in [1.29, 1.82) is 0 Å². The van der Waals surface area contributed by atoms with Gasteiger partial charge in [0.1, 0.15) is 9.88 Å². The van der Waals surface area contributed by atoms with Crippen LogP contribution in [0, 0.1) is 5.92 Å². The number of anilines is 2. The minimum absolute atomic E-state index is 0.173. The fraction of sp³-hybridized carbons (Fsp3) is 0.571. The van der Waals surface area contributed by atoms with Gasteiger partial charge in [0.25, 0.3) is 11.8 Å². The summed E-state index contributed by atoms with van der Waals surface area (Å²) in [5.74, 6) is -0.258. The molecule has 0 aliphatic heterocycles. The van der Waals surface area contributed by atoms with E-state index in [0.717, 1.165) is 6.54 Å². The van der Waals surface area contributed by atoms with Crippen molar-refractivity contribution in [3.63, 3.8) is 0 Å². The summed E-state index contributed by atoms with van der Waals surface area (Å²) in [5, 5.41) is 6.55. The van der Waals surface area contributed by atoms with Gasteiger partial charge in [-0.3, -0.25) is 9.59 Å². The molecule has 0 unspecified atom stereocenters. The second-order valence-electron chi connectivity index (χ2n) is 5.30. The Balaban J connectivity index is 2.19. The largest absolute Gasteiger partial charge is 0.397 e. The summed E-state index contributed by atoms with van der Waals surface area (Å²) < 4.78 is 0. The molecule has 0 radical (unpaired) electrons. The van der Waals surface area contributed by atoms with Crippen molar-refractivity contribution < 1.29 is 9.59 Å². The molecule has 6 N–H and O–H groups in total. The summed E-state index contributed by atoms with van der Waals surface area (Å²) in [6.45, 7) is 3.12. The smallest absolute Gasteiger partial charge is 0.263 e. The molecule has 1 aliphatic rings. The third-order valence-corrected chi connectivity index (χ3v) is 4.92. The third kappa shape index (κ3) is 3.47. The van der Waals surface area contributed by atoms with Crippen LogP contribution in [0.2, 0.25) is 0 Å². The van der Waals surface area contributed by atoms with Gasteiger partial charge in [0.15, 0.2) is 0 Å². The van der Waals surface area contributed by atoms with Crippen LogP contribution in [0.3, 0.4) is 0 Å². The molecule has 1 heterocycles. The first-order valence-corrected chi connectivity index (χ1v) is 8.10. The molecule has 1 fully saturated rings. The predicted molar refractivity (Wildman–Crippen MR) is 85.7 cm³/mol. The SMILES string of the molecule is CCNC(=O)c1sc(NCC2CCCC2)c(C(N)=O)c1N. The Morgan fingerprint density at radius 1 is 1.33 bits per heavy atom. The second-order valence-corrected chi connectivity index (χ2v) is 6.32.